The average molecular weight is 480 g/mol. The number of carbonyl (C=O) groups excluding carboxylic acids is 1. The van der Waals surface area contributed by atoms with Crippen LogP contribution in [0.15, 0.2) is 95.7 Å². The molecule has 166 valence electrons. The number of ether oxygens (including phenoxy) is 1. The Kier molecular flexibility index (Phi) is 5.28. The first-order chi connectivity index (χ1) is 16.7. The summed E-state index contributed by atoms with van der Waals surface area (Å²) in [4.78, 5) is 14.7. The van der Waals surface area contributed by atoms with E-state index in [1.54, 1.807) is 22.7 Å². The van der Waals surface area contributed by atoms with Gasteiger partial charge in [-0.1, -0.05) is 24.3 Å². The van der Waals surface area contributed by atoms with Gasteiger partial charge >= 0.3 is 5.97 Å². The predicted molar refractivity (Wildman–Crippen MR) is 143 cm³/mol. The number of carbonyl (C=O) groups is 1. The molecule has 0 spiro atoms. The van der Waals surface area contributed by atoms with Crippen LogP contribution in [-0.2, 0) is 4.74 Å². The first-order valence-electron chi connectivity index (χ1n) is 11.2. The van der Waals surface area contributed by atoms with Gasteiger partial charge in [0, 0.05) is 26.2 Å². The molecule has 0 radical (unpaired) electrons. The largest absolute Gasteiger partial charge is 0.462 e. The van der Waals surface area contributed by atoms with Gasteiger partial charge in [-0.25, -0.2) is 4.79 Å². The van der Waals surface area contributed by atoms with Gasteiger partial charge in [0.15, 0.2) is 0 Å². The molecule has 5 heteroatoms. The Bertz CT molecular complexity index is 1520. The zero-order valence-electron chi connectivity index (χ0n) is 18.5. The molecule has 34 heavy (non-hydrogen) atoms. The molecule has 3 aromatic heterocycles. The van der Waals surface area contributed by atoms with E-state index in [4.69, 9.17) is 4.74 Å². The topological polar surface area (TPSA) is 31.2 Å². The van der Waals surface area contributed by atoms with Crippen LogP contribution in [0.3, 0.4) is 0 Å². The van der Waals surface area contributed by atoms with E-state index >= 15 is 0 Å². The third kappa shape index (κ3) is 3.54. The van der Waals surface area contributed by atoms with Gasteiger partial charge in [-0.2, -0.15) is 0 Å². The molecule has 3 heterocycles. The molecule has 6 aromatic rings. The van der Waals surface area contributed by atoms with Crippen molar-refractivity contribution in [3.8, 4) is 26.6 Å². The monoisotopic (exact) mass is 479 g/mol. The molecule has 0 aliphatic carbocycles. The molecule has 0 unspecified atom stereocenters. The highest BCUT2D eigenvalue weighted by Gasteiger charge is 2.16. The van der Waals surface area contributed by atoms with Crippen molar-refractivity contribution in [3.63, 3.8) is 0 Å². The Morgan fingerprint density at radius 1 is 0.765 bits per heavy atom. The molecule has 0 saturated carbocycles. The van der Waals surface area contributed by atoms with Crippen molar-refractivity contribution in [1.29, 1.82) is 0 Å². The van der Waals surface area contributed by atoms with Crippen molar-refractivity contribution in [1.82, 2.24) is 4.57 Å². The molecule has 3 nitrogen and oxygen atoms in total. The number of hydrogen-bond donors (Lipinski definition) is 0. The van der Waals surface area contributed by atoms with Crippen molar-refractivity contribution in [3.05, 3.63) is 101 Å². The predicted octanol–water partition coefficient (Wildman–Crippen LogP) is 8.42. The second-order valence-electron chi connectivity index (χ2n) is 8.02. The third-order valence-corrected chi connectivity index (χ3v) is 7.85. The maximum Gasteiger partial charge on any atom is 0.338 e. The zero-order valence-corrected chi connectivity index (χ0v) is 20.2. The standard InChI is InChI=1S/C29H21NO2S2/c1-2-32-29(31)19-7-11-22(12-8-19)30-25-13-9-20(27-5-3-15-33-27)17-23(25)24-18-21(10-14-26(24)30)28-6-4-16-34-28/h3-18H,2H2,1H3. The van der Waals surface area contributed by atoms with Crippen LogP contribution >= 0.6 is 22.7 Å². The zero-order chi connectivity index (χ0) is 23.1. The minimum atomic E-state index is -0.294. The average Bonchev–Trinajstić information content (AvgIpc) is 3.64. The SMILES string of the molecule is CCOC(=O)c1ccc(-n2c3ccc(-c4cccs4)cc3c3cc(-c4cccs4)ccc32)cc1. The van der Waals surface area contributed by atoms with E-state index in [1.165, 1.54) is 31.7 Å². The van der Waals surface area contributed by atoms with Crippen LogP contribution < -0.4 is 0 Å². The maximum absolute atomic E-state index is 12.1. The number of thiophene rings is 2. The van der Waals surface area contributed by atoms with Crippen LogP contribution in [0.2, 0.25) is 0 Å². The van der Waals surface area contributed by atoms with Gasteiger partial charge in [0.05, 0.1) is 23.2 Å². The lowest BCUT2D eigenvalue weighted by molar-refractivity contribution is 0.0526. The highest BCUT2D eigenvalue weighted by Crippen LogP contribution is 2.38. The minimum Gasteiger partial charge on any atom is -0.462 e. The van der Waals surface area contributed by atoms with E-state index < -0.39 is 0 Å². The molecule has 0 fully saturated rings. The number of hydrogen-bond acceptors (Lipinski definition) is 4. The van der Waals surface area contributed by atoms with E-state index in [2.05, 4.69) is 76.0 Å². The lowest BCUT2D eigenvalue weighted by Gasteiger charge is -2.09. The van der Waals surface area contributed by atoms with Crippen LogP contribution in [0.1, 0.15) is 17.3 Å². The molecule has 0 aliphatic rings. The Morgan fingerprint density at radius 3 is 1.79 bits per heavy atom. The van der Waals surface area contributed by atoms with Crippen LogP contribution in [0.4, 0.5) is 0 Å². The summed E-state index contributed by atoms with van der Waals surface area (Å²) in [6, 6.07) is 29.5. The van der Waals surface area contributed by atoms with Gasteiger partial charge in [0.25, 0.3) is 0 Å². The fraction of sp³-hybridized carbons (Fsp3) is 0.0690. The number of benzene rings is 3. The fourth-order valence-corrected chi connectivity index (χ4v) is 5.90. The summed E-state index contributed by atoms with van der Waals surface area (Å²) < 4.78 is 7.43. The number of fused-ring (bicyclic) bond motifs is 3. The van der Waals surface area contributed by atoms with E-state index in [-0.39, 0.29) is 5.97 Å². The number of rotatable bonds is 5. The van der Waals surface area contributed by atoms with Crippen molar-refractivity contribution < 1.29 is 9.53 Å². The highest BCUT2D eigenvalue weighted by atomic mass is 32.1. The van der Waals surface area contributed by atoms with Gasteiger partial charge in [0.2, 0.25) is 0 Å². The lowest BCUT2D eigenvalue weighted by Crippen LogP contribution is -2.04. The highest BCUT2D eigenvalue weighted by molar-refractivity contribution is 7.13. The molecule has 3 aromatic carbocycles. The molecule has 0 atom stereocenters. The molecule has 0 saturated heterocycles. The first-order valence-corrected chi connectivity index (χ1v) is 12.9. The summed E-state index contributed by atoms with van der Waals surface area (Å²) in [6.45, 7) is 2.19. The maximum atomic E-state index is 12.1. The molecule has 0 aliphatic heterocycles. The molecular weight excluding hydrogens is 458 g/mol. The number of esters is 1. The molecule has 0 amide bonds. The van der Waals surface area contributed by atoms with E-state index in [0.717, 1.165) is 16.7 Å². The van der Waals surface area contributed by atoms with E-state index in [1.807, 2.05) is 31.2 Å². The Labute approximate surface area is 205 Å². The van der Waals surface area contributed by atoms with E-state index in [9.17, 15) is 4.79 Å². The second kappa shape index (κ2) is 8.60. The van der Waals surface area contributed by atoms with Gasteiger partial charge in [0.1, 0.15) is 0 Å². The molecular formula is C29H21NO2S2. The van der Waals surface area contributed by atoms with Gasteiger partial charge < -0.3 is 9.30 Å². The summed E-state index contributed by atoms with van der Waals surface area (Å²) >= 11 is 3.51. The smallest absolute Gasteiger partial charge is 0.338 e. The Hall–Kier alpha value is -3.67. The van der Waals surface area contributed by atoms with Crippen LogP contribution in [0, 0.1) is 0 Å². The van der Waals surface area contributed by atoms with Crippen LogP contribution in [-0.4, -0.2) is 17.1 Å². The summed E-state index contributed by atoms with van der Waals surface area (Å²) in [7, 11) is 0. The number of nitrogens with zero attached hydrogens (tertiary/aromatic N) is 1. The van der Waals surface area contributed by atoms with Crippen molar-refractivity contribution in [2.75, 3.05) is 6.61 Å². The van der Waals surface area contributed by atoms with Gasteiger partial charge in [-0.3, -0.25) is 0 Å². The minimum absolute atomic E-state index is 0.294. The van der Waals surface area contributed by atoms with Crippen LogP contribution in [0.5, 0.6) is 0 Å². The summed E-state index contributed by atoms with van der Waals surface area (Å²) in [6.07, 6.45) is 0. The lowest BCUT2D eigenvalue weighted by atomic mass is 10.1. The Balaban J connectivity index is 1.58. The summed E-state index contributed by atoms with van der Waals surface area (Å²) in [5.41, 5.74) is 6.30. The van der Waals surface area contributed by atoms with Gasteiger partial charge in [-0.05, 0) is 89.5 Å². The molecule has 0 bridgehead atoms. The summed E-state index contributed by atoms with van der Waals surface area (Å²) in [5.74, 6) is -0.294. The van der Waals surface area contributed by atoms with E-state index in [0.29, 0.717) is 12.2 Å². The van der Waals surface area contributed by atoms with Crippen molar-refractivity contribution in [2.45, 2.75) is 6.92 Å². The van der Waals surface area contributed by atoms with Crippen molar-refractivity contribution in [2.24, 2.45) is 0 Å². The third-order valence-electron chi connectivity index (χ3n) is 6.01. The summed E-state index contributed by atoms with van der Waals surface area (Å²) in [5, 5.41) is 6.66. The fourth-order valence-electron chi connectivity index (χ4n) is 4.45. The molecule has 0 N–H and O–H groups in total. The van der Waals surface area contributed by atoms with Crippen molar-refractivity contribution >= 4 is 50.4 Å². The molecule has 6 rings (SSSR count). The van der Waals surface area contributed by atoms with Crippen LogP contribution in [0.25, 0.3) is 48.4 Å². The normalized spacial score (nSPS) is 11.3. The Morgan fingerprint density at radius 2 is 1.32 bits per heavy atom. The first kappa shape index (κ1) is 20.9. The quantitative estimate of drug-likeness (QED) is 0.232. The second-order valence-corrected chi connectivity index (χ2v) is 9.92. The van der Waals surface area contributed by atoms with Gasteiger partial charge in [-0.15, -0.1) is 22.7 Å². The number of aromatic nitrogens is 1.